The van der Waals surface area contributed by atoms with Gasteiger partial charge in [0.1, 0.15) is 16.3 Å². The van der Waals surface area contributed by atoms with Crippen molar-refractivity contribution in [3.63, 3.8) is 0 Å². The summed E-state index contributed by atoms with van der Waals surface area (Å²) < 4.78 is 13.8. The van der Waals surface area contributed by atoms with Crippen molar-refractivity contribution in [2.75, 3.05) is 5.32 Å². The van der Waals surface area contributed by atoms with E-state index in [0.29, 0.717) is 26.8 Å². The highest BCUT2D eigenvalue weighted by Gasteiger charge is 2.05. The minimum atomic E-state index is -0.422. The predicted octanol–water partition coefficient (Wildman–Crippen LogP) is 3.39. The lowest BCUT2D eigenvalue weighted by Crippen LogP contribution is -2.13. The first-order valence-corrected chi connectivity index (χ1v) is 7.04. The molecule has 0 bridgehead atoms. The van der Waals surface area contributed by atoms with E-state index in [1.165, 1.54) is 23.5 Å². The minimum absolute atomic E-state index is 0.168. The molecule has 0 aliphatic rings. The molecule has 0 aliphatic heterocycles. The topological polar surface area (TPSA) is 57.8 Å². The number of aromatic nitrogens is 2. The normalized spacial score (nSPS) is 10.9. The first-order chi connectivity index (χ1) is 9.61. The number of anilines is 1. The van der Waals surface area contributed by atoms with Crippen LogP contribution in [0.25, 0.3) is 10.2 Å². The standard InChI is InChI=1S/C13H9ClFN3OS/c14-7-3-8(15)5-9(4-7)16-6-11-17-10-1-2-20-12(10)13(19)18-11/h1-5,16H,6H2,(H,17,18,19). The molecule has 0 unspecified atom stereocenters. The molecule has 1 aromatic carbocycles. The smallest absolute Gasteiger partial charge is 0.268 e. The fourth-order valence-corrected chi connectivity index (χ4v) is 2.79. The second-order valence-electron chi connectivity index (χ2n) is 4.16. The van der Waals surface area contributed by atoms with Crippen molar-refractivity contribution in [3.05, 3.63) is 56.7 Å². The van der Waals surface area contributed by atoms with Crippen LogP contribution >= 0.6 is 22.9 Å². The van der Waals surface area contributed by atoms with Gasteiger partial charge in [0.05, 0.1) is 12.1 Å². The van der Waals surface area contributed by atoms with E-state index < -0.39 is 5.82 Å². The van der Waals surface area contributed by atoms with Crippen LogP contribution < -0.4 is 10.9 Å². The Labute approximate surface area is 122 Å². The summed E-state index contributed by atoms with van der Waals surface area (Å²) in [5, 5.41) is 5.10. The largest absolute Gasteiger partial charge is 0.378 e. The van der Waals surface area contributed by atoms with Gasteiger partial charge in [-0.1, -0.05) is 11.6 Å². The lowest BCUT2D eigenvalue weighted by Gasteiger charge is -2.06. The third kappa shape index (κ3) is 2.66. The quantitative estimate of drug-likeness (QED) is 0.779. The van der Waals surface area contributed by atoms with Gasteiger partial charge in [-0.3, -0.25) is 4.79 Å². The van der Waals surface area contributed by atoms with Crippen LogP contribution in [0.15, 0.2) is 34.4 Å². The third-order valence-electron chi connectivity index (χ3n) is 2.69. The zero-order valence-electron chi connectivity index (χ0n) is 10.1. The second-order valence-corrected chi connectivity index (χ2v) is 5.51. The van der Waals surface area contributed by atoms with E-state index in [0.717, 1.165) is 0 Å². The van der Waals surface area contributed by atoms with E-state index in [4.69, 9.17) is 11.6 Å². The molecule has 0 saturated heterocycles. The van der Waals surface area contributed by atoms with Gasteiger partial charge in [-0.05, 0) is 29.6 Å². The molecule has 3 rings (SSSR count). The maximum Gasteiger partial charge on any atom is 0.268 e. The molecule has 0 radical (unpaired) electrons. The Kier molecular flexibility index (Phi) is 3.42. The molecule has 2 N–H and O–H groups in total. The van der Waals surface area contributed by atoms with E-state index >= 15 is 0 Å². The van der Waals surface area contributed by atoms with Gasteiger partial charge in [-0.25, -0.2) is 9.37 Å². The lowest BCUT2D eigenvalue weighted by molar-refractivity contribution is 0.628. The van der Waals surface area contributed by atoms with Crippen molar-refractivity contribution >= 4 is 38.8 Å². The van der Waals surface area contributed by atoms with E-state index in [9.17, 15) is 9.18 Å². The van der Waals surface area contributed by atoms with Crippen molar-refractivity contribution in [1.29, 1.82) is 0 Å². The van der Waals surface area contributed by atoms with E-state index in [2.05, 4.69) is 15.3 Å². The van der Waals surface area contributed by atoms with Crippen LogP contribution in [0.5, 0.6) is 0 Å². The Bertz CT molecular complexity index is 810. The summed E-state index contributed by atoms with van der Waals surface area (Å²) in [4.78, 5) is 18.8. The van der Waals surface area contributed by atoms with Crippen LogP contribution in [0.2, 0.25) is 5.02 Å². The van der Waals surface area contributed by atoms with Crippen LogP contribution in [-0.2, 0) is 6.54 Å². The molecule has 0 atom stereocenters. The Balaban J connectivity index is 1.84. The average molecular weight is 310 g/mol. The highest BCUT2D eigenvalue weighted by molar-refractivity contribution is 7.17. The number of fused-ring (bicyclic) bond motifs is 1. The monoisotopic (exact) mass is 309 g/mol. The Morgan fingerprint density at radius 1 is 1.40 bits per heavy atom. The van der Waals surface area contributed by atoms with Crippen molar-refractivity contribution in [2.24, 2.45) is 0 Å². The van der Waals surface area contributed by atoms with E-state index in [1.54, 1.807) is 12.1 Å². The Morgan fingerprint density at radius 2 is 2.25 bits per heavy atom. The Hall–Kier alpha value is -1.92. The van der Waals surface area contributed by atoms with Crippen molar-refractivity contribution < 1.29 is 4.39 Å². The molecule has 0 spiro atoms. The third-order valence-corrected chi connectivity index (χ3v) is 3.81. The van der Waals surface area contributed by atoms with Gasteiger partial charge >= 0.3 is 0 Å². The molecule has 7 heteroatoms. The predicted molar refractivity (Wildman–Crippen MR) is 79.0 cm³/mol. The average Bonchev–Trinajstić information content (AvgIpc) is 2.84. The first-order valence-electron chi connectivity index (χ1n) is 5.78. The van der Waals surface area contributed by atoms with Gasteiger partial charge in [0, 0.05) is 10.7 Å². The van der Waals surface area contributed by atoms with E-state index in [1.807, 2.05) is 5.38 Å². The number of aromatic amines is 1. The number of benzene rings is 1. The first kappa shape index (κ1) is 13.1. The van der Waals surface area contributed by atoms with Crippen LogP contribution in [0.1, 0.15) is 5.82 Å². The molecule has 0 fully saturated rings. The summed E-state index contributed by atoms with van der Waals surface area (Å²) in [7, 11) is 0. The highest BCUT2D eigenvalue weighted by Crippen LogP contribution is 2.19. The summed E-state index contributed by atoms with van der Waals surface area (Å²) in [5.74, 6) is 0.0658. The summed E-state index contributed by atoms with van der Waals surface area (Å²) in [6, 6.07) is 5.95. The second kappa shape index (κ2) is 5.22. The van der Waals surface area contributed by atoms with Gasteiger partial charge in [0.25, 0.3) is 5.56 Å². The minimum Gasteiger partial charge on any atom is -0.378 e. The van der Waals surface area contributed by atoms with Crippen molar-refractivity contribution in [2.45, 2.75) is 6.54 Å². The van der Waals surface area contributed by atoms with Crippen molar-refractivity contribution in [1.82, 2.24) is 9.97 Å². The fourth-order valence-electron chi connectivity index (χ4n) is 1.85. The highest BCUT2D eigenvalue weighted by atomic mass is 35.5. The van der Waals surface area contributed by atoms with Crippen LogP contribution in [0.3, 0.4) is 0 Å². The zero-order valence-corrected chi connectivity index (χ0v) is 11.7. The van der Waals surface area contributed by atoms with Crippen LogP contribution in [-0.4, -0.2) is 9.97 Å². The maximum atomic E-state index is 13.2. The summed E-state index contributed by atoms with van der Waals surface area (Å²) in [6.07, 6.45) is 0. The van der Waals surface area contributed by atoms with Crippen molar-refractivity contribution in [3.8, 4) is 0 Å². The number of thiophene rings is 1. The van der Waals surface area contributed by atoms with Gasteiger partial charge in [-0.15, -0.1) is 11.3 Å². The number of hydrogen-bond donors (Lipinski definition) is 2. The molecule has 0 amide bonds. The Morgan fingerprint density at radius 3 is 3.05 bits per heavy atom. The molecule has 0 aliphatic carbocycles. The number of rotatable bonds is 3. The molecule has 0 saturated carbocycles. The van der Waals surface area contributed by atoms with Gasteiger partial charge in [0.2, 0.25) is 0 Å². The molecular weight excluding hydrogens is 301 g/mol. The fraction of sp³-hybridized carbons (Fsp3) is 0.0769. The summed E-state index contributed by atoms with van der Waals surface area (Å²) >= 11 is 7.12. The molecule has 3 aromatic rings. The lowest BCUT2D eigenvalue weighted by atomic mass is 10.3. The molecule has 2 heterocycles. The number of nitrogens with one attached hydrogen (secondary N) is 2. The molecule has 2 aromatic heterocycles. The number of H-pyrrole nitrogens is 1. The van der Waals surface area contributed by atoms with Crippen LogP contribution in [0, 0.1) is 5.82 Å². The molecule has 20 heavy (non-hydrogen) atoms. The van der Waals surface area contributed by atoms with Gasteiger partial charge in [0.15, 0.2) is 0 Å². The number of hydrogen-bond acceptors (Lipinski definition) is 4. The van der Waals surface area contributed by atoms with Gasteiger partial charge < -0.3 is 10.3 Å². The van der Waals surface area contributed by atoms with E-state index in [-0.39, 0.29) is 12.1 Å². The molecule has 4 nitrogen and oxygen atoms in total. The van der Waals surface area contributed by atoms with Crippen LogP contribution in [0.4, 0.5) is 10.1 Å². The zero-order chi connectivity index (χ0) is 14.1. The summed E-state index contributed by atoms with van der Waals surface area (Å²) in [6.45, 7) is 0.279. The summed E-state index contributed by atoms with van der Waals surface area (Å²) in [5.41, 5.74) is 1.02. The molecular formula is C13H9ClFN3OS. The number of halogens is 2. The SMILES string of the molecule is O=c1[nH]c(CNc2cc(F)cc(Cl)c2)nc2ccsc12. The maximum absolute atomic E-state index is 13.2. The number of nitrogens with zero attached hydrogens (tertiary/aromatic N) is 1. The van der Waals surface area contributed by atoms with Gasteiger partial charge in [-0.2, -0.15) is 0 Å². The molecule has 102 valence electrons.